The second-order valence-corrected chi connectivity index (χ2v) is 4.00. The Morgan fingerprint density at radius 1 is 1.42 bits per heavy atom. The van der Waals surface area contributed by atoms with Gasteiger partial charge in [0.1, 0.15) is 11.6 Å². The van der Waals surface area contributed by atoms with Crippen molar-refractivity contribution < 1.29 is 4.92 Å². The van der Waals surface area contributed by atoms with Crippen LogP contribution in [0.5, 0.6) is 0 Å². The van der Waals surface area contributed by atoms with Crippen LogP contribution in [-0.2, 0) is 6.54 Å². The fourth-order valence-corrected chi connectivity index (χ4v) is 1.64. The number of nitro groups is 1. The van der Waals surface area contributed by atoms with E-state index in [1.54, 1.807) is 19.1 Å². The second-order valence-electron chi connectivity index (χ2n) is 4.00. The topological polar surface area (TPSA) is 101 Å². The van der Waals surface area contributed by atoms with E-state index in [1.807, 2.05) is 0 Å². The van der Waals surface area contributed by atoms with Crippen LogP contribution >= 0.6 is 0 Å². The number of aromatic nitrogens is 2. The van der Waals surface area contributed by atoms with E-state index in [-0.39, 0.29) is 11.2 Å². The lowest BCUT2D eigenvalue weighted by atomic mass is 10.2. The van der Waals surface area contributed by atoms with Gasteiger partial charge in [-0.25, -0.2) is 4.98 Å². The molecule has 0 fully saturated rings. The number of benzene rings is 1. The molecular weight excluding hydrogens is 248 g/mol. The van der Waals surface area contributed by atoms with Crippen LogP contribution in [-0.4, -0.2) is 14.9 Å². The molecule has 1 heterocycles. The molecular formula is C12H12N4O3. The number of hydrogen-bond acceptors (Lipinski definition) is 5. The molecule has 2 N–H and O–H groups in total. The van der Waals surface area contributed by atoms with Gasteiger partial charge in [0.2, 0.25) is 0 Å². The number of aromatic amines is 1. The Morgan fingerprint density at radius 2 is 2.21 bits per heavy atom. The Balaban J connectivity index is 2.12. The summed E-state index contributed by atoms with van der Waals surface area (Å²) >= 11 is 0. The summed E-state index contributed by atoms with van der Waals surface area (Å²) in [6, 6.07) is 7.63. The standard InChI is InChI=1S/C12H12N4O3/c1-8-14-11(6-12(17)15-8)13-7-9-3-2-4-10(5-9)16(18)19/h2-6H,7H2,1H3,(H2,13,14,15,17). The van der Waals surface area contributed by atoms with E-state index < -0.39 is 4.92 Å². The van der Waals surface area contributed by atoms with Gasteiger partial charge in [0.05, 0.1) is 4.92 Å². The molecule has 0 atom stereocenters. The van der Waals surface area contributed by atoms with Crippen molar-refractivity contribution in [3.05, 3.63) is 62.2 Å². The third kappa shape index (κ3) is 3.38. The predicted molar refractivity (Wildman–Crippen MR) is 70.0 cm³/mol. The molecule has 0 saturated heterocycles. The summed E-state index contributed by atoms with van der Waals surface area (Å²) in [6.07, 6.45) is 0. The number of anilines is 1. The van der Waals surface area contributed by atoms with Gasteiger partial charge in [0.25, 0.3) is 11.2 Å². The summed E-state index contributed by atoms with van der Waals surface area (Å²) in [7, 11) is 0. The van der Waals surface area contributed by atoms with Crippen LogP contribution in [0.3, 0.4) is 0 Å². The number of aryl methyl sites for hydroxylation is 1. The van der Waals surface area contributed by atoms with Gasteiger partial charge in [-0.05, 0) is 12.5 Å². The second kappa shape index (κ2) is 5.30. The Morgan fingerprint density at radius 3 is 2.89 bits per heavy atom. The first-order chi connectivity index (χ1) is 9.04. The molecule has 98 valence electrons. The summed E-state index contributed by atoms with van der Waals surface area (Å²) in [5.74, 6) is 0.946. The number of rotatable bonds is 4. The van der Waals surface area contributed by atoms with Crippen LogP contribution < -0.4 is 10.9 Å². The minimum Gasteiger partial charge on any atom is -0.366 e. The van der Waals surface area contributed by atoms with Crippen LogP contribution in [0.4, 0.5) is 11.5 Å². The first kappa shape index (κ1) is 12.7. The minimum atomic E-state index is -0.445. The molecule has 1 aromatic carbocycles. The van der Waals surface area contributed by atoms with Crippen LogP contribution in [0.2, 0.25) is 0 Å². The molecule has 2 rings (SSSR count). The third-order valence-electron chi connectivity index (χ3n) is 2.46. The number of nitro benzene ring substituents is 1. The molecule has 2 aromatic rings. The van der Waals surface area contributed by atoms with Gasteiger partial charge >= 0.3 is 0 Å². The summed E-state index contributed by atoms with van der Waals surface area (Å²) in [6.45, 7) is 2.04. The van der Waals surface area contributed by atoms with Crippen molar-refractivity contribution in [1.82, 2.24) is 9.97 Å². The van der Waals surface area contributed by atoms with E-state index >= 15 is 0 Å². The van der Waals surface area contributed by atoms with Gasteiger partial charge in [0.15, 0.2) is 0 Å². The molecule has 0 bridgehead atoms. The molecule has 0 unspecified atom stereocenters. The molecule has 0 radical (unpaired) electrons. The zero-order chi connectivity index (χ0) is 13.8. The van der Waals surface area contributed by atoms with Crippen molar-refractivity contribution >= 4 is 11.5 Å². The number of non-ortho nitro benzene ring substituents is 1. The normalized spacial score (nSPS) is 10.2. The van der Waals surface area contributed by atoms with Crippen LogP contribution in [0.15, 0.2) is 35.1 Å². The van der Waals surface area contributed by atoms with Crippen molar-refractivity contribution in [2.75, 3.05) is 5.32 Å². The van der Waals surface area contributed by atoms with Gasteiger partial charge in [-0.2, -0.15) is 0 Å². The Kier molecular flexibility index (Phi) is 3.56. The third-order valence-corrected chi connectivity index (χ3v) is 2.46. The van der Waals surface area contributed by atoms with E-state index in [0.717, 1.165) is 5.56 Å². The van der Waals surface area contributed by atoms with Crippen molar-refractivity contribution in [3.63, 3.8) is 0 Å². The van der Waals surface area contributed by atoms with Crippen LogP contribution in [0, 0.1) is 17.0 Å². The molecule has 1 aromatic heterocycles. The zero-order valence-corrected chi connectivity index (χ0v) is 10.2. The van der Waals surface area contributed by atoms with Gasteiger partial charge in [-0.15, -0.1) is 0 Å². The molecule has 0 aliphatic heterocycles. The summed E-state index contributed by atoms with van der Waals surface area (Å²) in [5, 5.41) is 13.6. The first-order valence-corrected chi connectivity index (χ1v) is 5.60. The summed E-state index contributed by atoms with van der Waals surface area (Å²) in [5.41, 5.74) is 0.539. The van der Waals surface area contributed by atoms with E-state index in [9.17, 15) is 14.9 Å². The van der Waals surface area contributed by atoms with E-state index in [4.69, 9.17) is 0 Å². The highest BCUT2D eigenvalue weighted by Crippen LogP contribution is 2.13. The number of nitrogens with one attached hydrogen (secondary N) is 2. The highest BCUT2D eigenvalue weighted by Gasteiger charge is 2.05. The van der Waals surface area contributed by atoms with Crippen molar-refractivity contribution in [3.8, 4) is 0 Å². The highest BCUT2D eigenvalue weighted by atomic mass is 16.6. The molecule has 7 heteroatoms. The fourth-order valence-electron chi connectivity index (χ4n) is 1.64. The van der Waals surface area contributed by atoms with Crippen molar-refractivity contribution in [2.45, 2.75) is 13.5 Å². The van der Waals surface area contributed by atoms with E-state index in [2.05, 4.69) is 15.3 Å². The largest absolute Gasteiger partial charge is 0.366 e. The Bertz CT molecular complexity index is 666. The van der Waals surface area contributed by atoms with Crippen LogP contribution in [0.1, 0.15) is 11.4 Å². The quantitative estimate of drug-likeness (QED) is 0.642. The number of H-pyrrole nitrogens is 1. The molecule has 0 aliphatic rings. The highest BCUT2D eigenvalue weighted by molar-refractivity contribution is 5.38. The van der Waals surface area contributed by atoms with E-state index in [0.29, 0.717) is 18.2 Å². The average molecular weight is 260 g/mol. The molecule has 0 saturated carbocycles. The monoisotopic (exact) mass is 260 g/mol. The maximum atomic E-state index is 11.2. The number of nitrogens with zero attached hydrogens (tertiary/aromatic N) is 2. The summed E-state index contributed by atoms with van der Waals surface area (Å²) in [4.78, 5) is 28.1. The first-order valence-electron chi connectivity index (χ1n) is 5.60. The lowest BCUT2D eigenvalue weighted by Gasteiger charge is -2.05. The fraction of sp³-hybridized carbons (Fsp3) is 0.167. The molecule has 0 aliphatic carbocycles. The summed E-state index contributed by atoms with van der Waals surface area (Å²) < 4.78 is 0. The SMILES string of the molecule is Cc1nc(NCc2cccc([N+](=O)[O-])c2)cc(=O)[nH]1. The molecule has 7 nitrogen and oxygen atoms in total. The molecule has 0 spiro atoms. The maximum Gasteiger partial charge on any atom is 0.269 e. The lowest BCUT2D eigenvalue weighted by Crippen LogP contribution is -2.11. The lowest BCUT2D eigenvalue weighted by molar-refractivity contribution is -0.384. The predicted octanol–water partition coefficient (Wildman–Crippen LogP) is 1.60. The maximum absolute atomic E-state index is 11.2. The van der Waals surface area contributed by atoms with Crippen LogP contribution in [0.25, 0.3) is 0 Å². The van der Waals surface area contributed by atoms with Gasteiger partial charge < -0.3 is 10.3 Å². The Labute approximate surface area is 108 Å². The smallest absolute Gasteiger partial charge is 0.269 e. The number of hydrogen-bond donors (Lipinski definition) is 2. The van der Waals surface area contributed by atoms with Crippen molar-refractivity contribution in [1.29, 1.82) is 0 Å². The molecule has 0 amide bonds. The van der Waals surface area contributed by atoms with E-state index in [1.165, 1.54) is 18.2 Å². The molecule has 19 heavy (non-hydrogen) atoms. The Hall–Kier alpha value is -2.70. The van der Waals surface area contributed by atoms with Gasteiger partial charge in [0, 0.05) is 24.7 Å². The van der Waals surface area contributed by atoms with Gasteiger partial charge in [-0.1, -0.05) is 12.1 Å². The van der Waals surface area contributed by atoms with Gasteiger partial charge in [-0.3, -0.25) is 14.9 Å². The zero-order valence-electron chi connectivity index (χ0n) is 10.2. The minimum absolute atomic E-state index is 0.0364. The average Bonchev–Trinajstić information content (AvgIpc) is 2.35. The van der Waals surface area contributed by atoms with Crippen molar-refractivity contribution in [2.24, 2.45) is 0 Å².